The van der Waals surface area contributed by atoms with Crippen molar-refractivity contribution in [2.45, 2.75) is 32.6 Å². The van der Waals surface area contributed by atoms with Gasteiger partial charge in [0.2, 0.25) is 0 Å². The van der Waals surface area contributed by atoms with Crippen LogP contribution < -0.4 is 0 Å². The lowest BCUT2D eigenvalue weighted by Crippen LogP contribution is -2.10. The van der Waals surface area contributed by atoms with Crippen molar-refractivity contribution in [1.29, 1.82) is 0 Å². The molecular formula is C8H12F2O2. The van der Waals surface area contributed by atoms with Crippen molar-refractivity contribution >= 4 is 5.97 Å². The smallest absolute Gasteiger partial charge is 0.331 e. The summed E-state index contributed by atoms with van der Waals surface area (Å²) in [5, 5.41) is 8.47. The quantitative estimate of drug-likeness (QED) is 0.671. The summed E-state index contributed by atoms with van der Waals surface area (Å²) in [6.07, 6.45) is 1.23. The molecule has 0 aliphatic carbocycles. The molecule has 1 N–H and O–H groups in total. The van der Waals surface area contributed by atoms with E-state index in [1.54, 1.807) is 6.92 Å². The molecule has 4 heteroatoms. The Balaban J connectivity index is 4.50. The van der Waals surface area contributed by atoms with Gasteiger partial charge in [-0.3, -0.25) is 0 Å². The van der Waals surface area contributed by atoms with Crippen LogP contribution in [0.1, 0.15) is 26.7 Å². The zero-order valence-corrected chi connectivity index (χ0v) is 7.10. The molecule has 0 atom stereocenters. The third-order valence-corrected chi connectivity index (χ3v) is 1.22. The summed E-state index contributed by atoms with van der Waals surface area (Å²) < 4.78 is 24.6. The zero-order chi connectivity index (χ0) is 9.78. The maximum absolute atomic E-state index is 12.3. The van der Waals surface area contributed by atoms with Crippen molar-refractivity contribution in [3.8, 4) is 0 Å². The second-order valence-corrected chi connectivity index (χ2v) is 2.68. The van der Waals surface area contributed by atoms with E-state index in [1.807, 2.05) is 0 Å². The minimum atomic E-state index is -3.04. The summed E-state index contributed by atoms with van der Waals surface area (Å²) in [5.74, 6) is -4.30. The lowest BCUT2D eigenvalue weighted by atomic mass is 10.1. The fraction of sp³-hybridized carbons (Fsp3) is 0.625. The highest BCUT2D eigenvalue weighted by molar-refractivity contribution is 5.86. The van der Waals surface area contributed by atoms with Crippen molar-refractivity contribution in [1.82, 2.24) is 0 Å². The molecule has 0 spiro atoms. The van der Waals surface area contributed by atoms with E-state index in [4.69, 9.17) is 5.11 Å². The number of aliphatic carboxylic acids is 1. The van der Waals surface area contributed by atoms with Gasteiger partial charge in [-0.15, -0.1) is 0 Å². The normalized spacial score (nSPS) is 13.2. The van der Waals surface area contributed by atoms with Crippen LogP contribution in [0.2, 0.25) is 0 Å². The van der Waals surface area contributed by atoms with Crippen LogP contribution in [0.4, 0.5) is 8.78 Å². The van der Waals surface area contributed by atoms with Crippen LogP contribution in [0.3, 0.4) is 0 Å². The summed E-state index contributed by atoms with van der Waals surface area (Å²) in [6.45, 7) is 2.41. The number of hydrogen-bond donors (Lipinski definition) is 1. The number of carboxylic acids is 1. The van der Waals surface area contributed by atoms with E-state index in [2.05, 4.69) is 0 Å². The van der Waals surface area contributed by atoms with E-state index in [9.17, 15) is 13.6 Å². The lowest BCUT2D eigenvalue weighted by Gasteiger charge is -2.05. The molecule has 0 amide bonds. The van der Waals surface area contributed by atoms with Crippen molar-refractivity contribution in [2.75, 3.05) is 0 Å². The summed E-state index contributed by atoms with van der Waals surface area (Å²) in [6, 6.07) is 0. The first-order chi connectivity index (χ1) is 5.37. The molecule has 0 unspecified atom stereocenters. The van der Waals surface area contributed by atoms with Gasteiger partial charge in [0.25, 0.3) is 5.92 Å². The highest BCUT2D eigenvalue weighted by atomic mass is 19.3. The first-order valence-corrected chi connectivity index (χ1v) is 3.69. The Morgan fingerprint density at radius 2 is 2.08 bits per heavy atom. The Labute approximate surface area is 69.9 Å². The van der Waals surface area contributed by atoms with E-state index in [0.717, 1.165) is 0 Å². The van der Waals surface area contributed by atoms with Gasteiger partial charge in [-0.2, -0.15) is 0 Å². The Kier molecular flexibility index (Phi) is 3.86. The molecular weight excluding hydrogens is 166 g/mol. The number of rotatable bonds is 4. The first kappa shape index (κ1) is 11.1. The van der Waals surface area contributed by atoms with Crippen LogP contribution in [0.5, 0.6) is 0 Å². The van der Waals surface area contributed by atoms with Crippen molar-refractivity contribution < 1.29 is 18.7 Å². The van der Waals surface area contributed by atoms with Gasteiger partial charge >= 0.3 is 5.97 Å². The van der Waals surface area contributed by atoms with Gasteiger partial charge in [-0.25, -0.2) is 13.6 Å². The molecule has 0 aromatic heterocycles. The molecule has 2 nitrogen and oxygen atoms in total. The molecule has 12 heavy (non-hydrogen) atoms. The van der Waals surface area contributed by atoms with Crippen LogP contribution in [0.25, 0.3) is 0 Å². The minimum Gasteiger partial charge on any atom is -0.478 e. The second kappa shape index (κ2) is 4.18. The number of carbonyl (C=O) groups is 1. The van der Waals surface area contributed by atoms with E-state index in [0.29, 0.717) is 19.4 Å². The average Bonchev–Trinajstić information content (AvgIpc) is 1.83. The largest absolute Gasteiger partial charge is 0.478 e. The van der Waals surface area contributed by atoms with Gasteiger partial charge < -0.3 is 5.11 Å². The molecule has 0 bridgehead atoms. The van der Waals surface area contributed by atoms with Gasteiger partial charge in [0.15, 0.2) is 0 Å². The maximum Gasteiger partial charge on any atom is 0.331 e. The van der Waals surface area contributed by atoms with E-state index < -0.39 is 11.9 Å². The lowest BCUT2D eigenvalue weighted by molar-refractivity contribution is -0.133. The topological polar surface area (TPSA) is 37.3 Å². The van der Waals surface area contributed by atoms with Gasteiger partial charge in [0.05, 0.1) is 0 Å². The molecule has 0 aromatic carbocycles. The van der Waals surface area contributed by atoms with Gasteiger partial charge in [0, 0.05) is 12.5 Å². The van der Waals surface area contributed by atoms with E-state index in [-0.39, 0.29) is 12.0 Å². The predicted octanol–water partition coefficient (Wildman–Crippen LogP) is 2.45. The maximum atomic E-state index is 12.3. The summed E-state index contributed by atoms with van der Waals surface area (Å²) in [7, 11) is 0. The SMILES string of the molecule is CCC/C(=C/C(C)(F)F)C(=O)O. The number of carboxylic acid groups (broad SMARTS) is 1. The average molecular weight is 178 g/mol. The van der Waals surface area contributed by atoms with Crippen molar-refractivity contribution in [3.63, 3.8) is 0 Å². The van der Waals surface area contributed by atoms with Crippen LogP contribution >= 0.6 is 0 Å². The molecule has 0 fully saturated rings. The minimum absolute atomic E-state index is 0.179. The third-order valence-electron chi connectivity index (χ3n) is 1.22. The first-order valence-electron chi connectivity index (χ1n) is 3.69. The Hall–Kier alpha value is -0.930. The highest BCUT2D eigenvalue weighted by Crippen LogP contribution is 2.18. The van der Waals surface area contributed by atoms with Crippen LogP contribution in [0.15, 0.2) is 11.6 Å². The molecule has 0 heterocycles. The van der Waals surface area contributed by atoms with Crippen LogP contribution in [0, 0.1) is 0 Å². The fourth-order valence-corrected chi connectivity index (χ4v) is 0.816. The zero-order valence-electron chi connectivity index (χ0n) is 7.10. The summed E-state index contributed by atoms with van der Waals surface area (Å²) >= 11 is 0. The number of alkyl halides is 2. The standard InChI is InChI=1S/C8H12F2O2/c1-3-4-6(7(11)12)5-8(2,9)10/h5H,3-4H2,1-2H3,(H,11,12)/b6-5-. The molecule has 0 saturated carbocycles. The Bertz CT molecular complexity index is 192. The van der Waals surface area contributed by atoms with E-state index in [1.165, 1.54) is 0 Å². The predicted molar refractivity (Wildman–Crippen MR) is 41.2 cm³/mol. The molecule has 70 valence electrons. The third kappa shape index (κ3) is 4.82. The van der Waals surface area contributed by atoms with Crippen LogP contribution in [-0.4, -0.2) is 17.0 Å². The monoisotopic (exact) mass is 178 g/mol. The number of hydrogen-bond acceptors (Lipinski definition) is 1. The van der Waals surface area contributed by atoms with Gasteiger partial charge in [0.1, 0.15) is 0 Å². The van der Waals surface area contributed by atoms with Crippen LogP contribution in [-0.2, 0) is 4.79 Å². The van der Waals surface area contributed by atoms with E-state index >= 15 is 0 Å². The van der Waals surface area contributed by atoms with Crippen molar-refractivity contribution in [2.24, 2.45) is 0 Å². The molecule has 0 radical (unpaired) electrons. The van der Waals surface area contributed by atoms with Gasteiger partial charge in [-0.05, 0) is 12.5 Å². The summed E-state index contributed by atoms with van der Waals surface area (Å²) in [5.41, 5.74) is -0.218. The molecule has 0 aromatic rings. The second-order valence-electron chi connectivity index (χ2n) is 2.68. The Morgan fingerprint density at radius 3 is 2.33 bits per heavy atom. The molecule has 0 aliphatic heterocycles. The summed E-state index contributed by atoms with van der Waals surface area (Å²) in [4.78, 5) is 10.4. The fourth-order valence-electron chi connectivity index (χ4n) is 0.816. The molecule has 0 aliphatic rings. The Morgan fingerprint density at radius 1 is 1.58 bits per heavy atom. The molecule has 0 rings (SSSR count). The number of allylic oxidation sites excluding steroid dienone is 1. The van der Waals surface area contributed by atoms with Crippen molar-refractivity contribution in [3.05, 3.63) is 11.6 Å². The van der Waals surface area contributed by atoms with Gasteiger partial charge in [-0.1, -0.05) is 13.3 Å². The number of halogens is 2. The molecule has 0 saturated heterocycles. The highest BCUT2D eigenvalue weighted by Gasteiger charge is 2.20.